The molecule has 6 nitrogen and oxygen atoms in total. The predicted molar refractivity (Wildman–Crippen MR) is 103 cm³/mol. The number of amides is 2. The Morgan fingerprint density at radius 3 is 1.29 bits per heavy atom. The summed E-state index contributed by atoms with van der Waals surface area (Å²) in [6, 6.07) is 17.3. The summed E-state index contributed by atoms with van der Waals surface area (Å²) in [5, 5.41) is 23.7. The standard InChI is InChI=1S/C22H20N4O2/c23-13-15-1-5-17(6-2-15)21(27)25-19-9-11-20(12-10-19)26-22(28)18-7-3-16(14-24)4-8-18/h1-8,19-20H,9-12H2,(H,25,27)(H,26,28). The van der Waals surface area contributed by atoms with Crippen LogP contribution in [0.5, 0.6) is 0 Å². The van der Waals surface area contributed by atoms with Crippen LogP contribution < -0.4 is 10.6 Å². The summed E-state index contributed by atoms with van der Waals surface area (Å²) in [5.74, 6) is -0.288. The van der Waals surface area contributed by atoms with Crippen LogP contribution in [-0.4, -0.2) is 23.9 Å². The third kappa shape index (κ3) is 4.75. The molecule has 2 aromatic rings. The van der Waals surface area contributed by atoms with Crippen LogP contribution in [0.1, 0.15) is 57.5 Å². The van der Waals surface area contributed by atoms with E-state index in [9.17, 15) is 9.59 Å². The maximum atomic E-state index is 12.3. The third-order valence-corrected chi connectivity index (χ3v) is 4.95. The van der Waals surface area contributed by atoms with E-state index < -0.39 is 0 Å². The SMILES string of the molecule is N#Cc1ccc(C(=O)NC2CCC(NC(=O)c3ccc(C#N)cc3)CC2)cc1. The number of nitrogens with zero attached hydrogens (tertiary/aromatic N) is 2. The Kier molecular flexibility index (Phi) is 6.04. The molecule has 2 amide bonds. The van der Waals surface area contributed by atoms with Crippen molar-refractivity contribution < 1.29 is 9.59 Å². The predicted octanol–water partition coefficient (Wildman–Crippen LogP) is 2.90. The van der Waals surface area contributed by atoms with Gasteiger partial charge in [0.1, 0.15) is 0 Å². The first-order valence-electron chi connectivity index (χ1n) is 9.21. The third-order valence-electron chi connectivity index (χ3n) is 4.95. The van der Waals surface area contributed by atoms with E-state index in [-0.39, 0.29) is 23.9 Å². The molecule has 28 heavy (non-hydrogen) atoms. The zero-order valence-corrected chi connectivity index (χ0v) is 15.3. The molecular formula is C22H20N4O2. The Morgan fingerprint density at radius 2 is 1.00 bits per heavy atom. The molecule has 1 saturated carbocycles. The van der Waals surface area contributed by atoms with Crippen molar-refractivity contribution in [3.8, 4) is 12.1 Å². The highest BCUT2D eigenvalue weighted by Crippen LogP contribution is 2.20. The van der Waals surface area contributed by atoms with Crippen LogP contribution in [0, 0.1) is 22.7 Å². The number of carbonyl (C=O) groups is 2. The second kappa shape index (κ2) is 8.83. The van der Waals surface area contributed by atoms with Gasteiger partial charge in [0.2, 0.25) is 0 Å². The highest BCUT2D eigenvalue weighted by atomic mass is 16.2. The van der Waals surface area contributed by atoms with Gasteiger partial charge in [0, 0.05) is 23.2 Å². The molecule has 1 fully saturated rings. The molecule has 1 aliphatic carbocycles. The van der Waals surface area contributed by atoms with Crippen molar-refractivity contribution >= 4 is 11.8 Å². The molecule has 0 atom stereocenters. The van der Waals surface area contributed by atoms with E-state index in [1.165, 1.54) is 0 Å². The van der Waals surface area contributed by atoms with Crippen molar-refractivity contribution in [1.82, 2.24) is 10.6 Å². The molecule has 0 radical (unpaired) electrons. The van der Waals surface area contributed by atoms with Crippen molar-refractivity contribution in [2.24, 2.45) is 0 Å². The fourth-order valence-corrected chi connectivity index (χ4v) is 3.31. The molecule has 0 spiro atoms. The van der Waals surface area contributed by atoms with Gasteiger partial charge in [-0.1, -0.05) is 0 Å². The highest BCUT2D eigenvalue weighted by Gasteiger charge is 2.24. The van der Waals surface area contributed by atoms with Crippen LogP contribution in [0.2, 0.25) is 0 Å². The molecule has 2 N–H and O–H groups in total. The molecule has 0 saturated heterocycles. The topological polar surface area (TPSA) is 106 Å². The second-order valence-corrected chi connectivity index (χ2v) is 6.87. The van der Waals surface area contributed by atoms with Crippen LogP contribution in [-0.2, 0) is 0 Å². The smallest absolute Gasteiger partial charge is 0.251 e. The largest absolute Gasteiger partial charge is 0.349 e. The van der Waals surface area contributed by atoms with E-state index >= 15 is 0 Å². The summed E-state index contributed by atoms with van der Waals surface area (Å²) in [5.41, 5.74) is 2.12. The van der Waals surface area contributed by atoms with E-state index in [0.29, 0.717) is 22.3 Å². The number of hydrogen-bond acceptors (Lipinski definition) is 4. The molecule has 140 valence electrons. The zero-order chi connectivity index (χ0) is 19.9. The number of rotatable bonds is 4. The first kappa shape index (κ1) is 19.1. The maximum Gasteiger partial charge on any atom is 0.251 e. The van der Waals surface area contributed by atoms with Gasteiger partial charge < -0.3 is 10.6 Å². The average molecular weight is 372 g/mol. The first-order valence-corrected chi connectivity index (χ1v) is 9.21. The van der Waals surface area contributed by atoms with Crippen LogP contribution in [0.4, 0.5) is 0 Å². The average Bonchev–Trinajstić information content (AvgIpc) is 2.75. The van der Waals surface area contributed by atoms with E-state index in [1.54, 1.807) is 48.5 Å². The van der Waals surface area contributed by atoms with Crippen molar-refractivity contribution in [3.63, 3.8) is 0 Å². The van der Waals surface area contributed by atoms with Gasteiger partial charge >= 0.3 is 0 Å². The number of benzene rings is 2. The summed E-state index contributed by atoms with van der Waals surface area (Å²) in [6.45, 7) is 0. The van der Waals surface area contributed by atoms with Gasteiger partial charge in [0.05, 0.1) is 23.3 Å². The monoisotopic (exact) mass is 372 g/mol. The lowest BCUT2D eigenvalue weighted by molar-refractivity contribution is 0.0892. The fourth-order valence-electron chi connectivity index (χ4n) is 3.31. The zero-order valence-electron chi connectivity index (χ0n) is 15.3. The Labute approximate surface area is 163 Å². The van der Waals surface area contributed by atoms with Crippen molar-refractivity contribution in [3.05, 3.63) is 70.8 Å². The molecule has 0 aromatic heterocycles. The molecular weight excluding hydrogens is 352 g/mol. The van der Waals surface area contributed by atoms with E-state index in [1.807, 2.05) is 12.1 Å². The lowest BCUT2D eigenvalue weighted by atomic mass is 9.90. The summed E-state index contributed by atoms with van der Waals surface area (Å²) in [4.78, 5) is 24.6. The van der Waals surface area contributed by atoms with Crippen molar-refractivity contribution in [2.75, 3.05) is 0 Å². The van der Waals surface area contributed by atoms with E-state index in [2.05, 4.69) is 10.6 Å². The summed E-state index contributed by atoms with van der Waals surface area (Å²) < 4.78 is 0. The minimum Gasteiger partial charge on any atom is -0.349 e. The summed E-state index contributed by atoms with van der Waals surface area (Å²) in [6.07, 6.45) is 3.17. The molecule has 6 heteroatoms. The van der Waals surface area contributed by atoms with Crippen LogP contribution in [0.3, 0.4) is 0 Å². The van der Waals surface area contributed by atoms with Gasteiger partial charge in [0.15, 0.2) is 0 Å². The Morgan fingerprint density at radius 1 is 0.679 bits per heavy atom. The van der Waals surface area contributed by atoms with Gasteiger partial charge in [-0.2, -0.15) is 10.5 Å². The van der Waals surface area contributed by atoms with Gasteiger partial charge in [-0.3, -0.25) is 9.59 Å². The maximum absolute atomic E-state index is 12.3. The Bertz CT molecular complexity index is 849. The summed E-state index contributed by atoms with van der Waals surface area (Å²) >= 11 is 0. The first-order chi connectivity index (χ1) is 13.6. The molecule has 0 bridgehead atoms. The minimum atomic E-state index is -0.144. The Hall–Kier alpha value is -3.64. The van der Waals surface area contributed by atoms with Crippen LogP contribution in [0.15, 0.2) is 48.5 Å². The summed E-state index contributed by atoms with van der Waals surface area (Å²) in [7, 11) is 0. The van der Waals surface area contributed by atoms with Gasteiger partial charge in [0.25, 0.3) is 11.8 Å². The van der Waals surface area contributed by atoms with Crippen molar-refractivity contribution in [1.29, 1.82) is 10.5 Å². The number of nitrogens with one attached hydrogen (secondary N) is 2. The van der Waals surface area contributed by atoms with Crippen LogP contribution >= 0.6 is 0 Å². The normalized spacial score (nSPS) is 18.4. The van der Waals surface area contributed by atoms with Crippen LogP contribution in [0.25, 0.3) is 0 Å². The van der Waals surface area contributed by atoms with Gasteiger partial charge in [-0.15, -0.1) is 0 Å². The van der Waals surface area contributed by atoms with Gasteiger partial charge in [-0.25, -0.2) is 0 Å². The molecule has 1 aliphatic rings. The second-order valence-electron chi connectivity index (χ2n) is 6.87. The lowest BCUT2D eigenvalue weighted by Gasteiger charge is -2.29. The number of carbonyl (C=O) groups excluding carboxylic acids is 2. The minimum absolute atomic E-state index is 0.0752. The van der Waals surface area contributed by atoms with E-state index in [4.69, 9.17) is 10.5 Å². The quantitative estimate of drug-likeness (QED) is 0.860. The number of nitriles is 2. The fraction of sp³-hybridized carbons (Fsp3) is 0.273. The molecule has 0 aliphatic heterocycles. The molecule has 0 unspecified atom stereocenters. The number of hydrogen-bond donors (Lipinski definition) is 2. The molecule has 3 rings (SSSR count). The molecule has 2 aromatic carbocycles. The highest BCUT2D eigenvalue weighted by molar-refractivity contribution is 5.95. The Balaban J connectivity index is 1.47. The van der Waals surface area contributed by atoms with Crippen molar-refractivity contribution in [2.45, 2.75) is 37.8 Å². The molecule has 0 heterocycles. The van der Waals surface area contributed by atoms with Gasteiger partial charge in [-0.05, 0) is 74.2 Å². The van der Waals surface area contributed by atoms with E-state index in [0.717, 1.165) is 25.7 Å². The lowest BCUT2D eigenvalue weighted by Crippen LogP contribution is -2.43.